The van der Waals surface area contributed by atoms with E-state index in [1.54, 1.807) is 18.2 Å². The number of thioether (sulfide) groups is 1. The standard InChI is InChI=1S/C19H11FN2O3S/c20-14-3-1-11(2-4-14)16(23)9-26-19-13(8-21)5-12-6-17-18(25-10-24-17)7-15(12)22-19/h1-7H,9-10H2. The predicted octanol–water partition coefficient (Wildman–Crippen LogP) is 3.95. The third-order valence-electron chi connectivity index (χ3n) is 3.90. The Morgan fingerprint density at radius 3 is 2.65 bits per heavy atom. The Morgan fingerprint density at radius 1 is 1.19 bits per heavy atom. The average Bonchev–Trinajstić information content (AvgIpc) is 3.11. The lowest BCUT2D eigenvalue weighted by Crippen LogP contribution is -2.03. The van der Waals surface area contributed by atoms with Crippen LogP contribution in [0, 0.1) is 17.1 Å². The number of benzene rings is 2. The van der Waals surface area contributed by atoms with Gasteiger partial charge in [0, 0.05) is 17.0 Å². The number of carbonyl (C=O) groups is 1. The number of Topliss-reactive ketones (excluding diaryl/α,β-unsaturated/α-hetero) is 1. The molecule has 1 aromatic heterocycles. The molecule has 0 atom stereocenters. The molecule has 5 nitrogen and oxygen atoms in total. The lowest BCUT2D eigenvalue weighted by Gasteiger charge is -2.06. The summed E-state index contributed by atoms with van der Waals surface area (Å²) in [6, 6.07) is 12.7. The molecule has 7 heteroatoms. The van der Waals surface area contributed by atoms with Crippen LogP contribution in [-0.2, 0) is 0 Å². The predicted molar refractivity (Wildman–Crippen MR) is 94.0 cm³/mol. The fraction of sp³-hybridized carbons (Fsp3) is 0.105. The van der Waals surface area contributed by atoms with E-state index < -0.39 is 5.82 Å². The number of halogens is 1. The summed E-state index contributed by atoms with van der Waals surface area (Å²) in [7, 11) is 0. The van der Waals surface area contributed by atoms with Crippen LogP contribution in [0.1, 0.15) is 15.9 Å². The highest BCUT2D eigenvalue weighted by atomic mass is 32.2. The van der Waals surface area contributed by atoms with Gasteiger partial charge in [-0.25, -0.2) is 9.37 Å². The molecule has 0 aliphatic carbocycles. The number of ketones is 1. The lowest BCUT2D eigenvalue weighted by molar-refractivity contribution is 0.102. The van der Waals surface area contributed by atoms with E-state index in [-0.39, 0.29) is 18.3 Å². The topological polar surface area (TPSA) is 72.2 Å². The van der Waals surface area contributed by atoms with Crippen molar-refractivity contribution in [3.05, 3.63) is 59.4 Å². The first kappa shape index (κ1) is 16.4. The fourth-order valence-corrected chi connectivity index (χ4v) is 3.45. The highest BCUT2D eigenvalue weighted by Crippen LogP contribution is 2.37. The first-order valence-electron chi connectivity index (χ1n) is 7.70. The van der Waals surface area contributed by atoms with Crippen LogP contribution in [0.3, 0.4) is 0 Å². The Bertz CT molecular complexity index is 1060. The summed E-state index contributed by atoms with van der Waals surface area (Å²) in [6.07, 6.45) is 0. The molecular formula is C19H11FN2O3S. The number of aromatic nitrogens is 1. The number of hydrogen-bond donors (Lipinski definition) is 0. The molecule has 0 saturated carbocycles. The van der Waals surface area contributed by atoms with Crippen molar-refractivity contribution in [2.75, 3.05) is 12.5 Å². The van der Waals surface area contributed by atoms with Gasteiger partial charge in [0.1, 0.15) is 16.9 Å². The summed E-state index contributed by atoms with van der Waals surface area (Å²) < 4.78 is 23.6. The summed E-state index contributed by atoms with van der Waals surface area (Å²) in [5, 5.41) is 10.6. The highest BCUT2D eigenvalue weighted by Gasteiger charge is 2.17. The van der Waals surface area contributed by atoms with E-state index in [9.17, 15) is 14.4 Å². The molecule has 2 heterocycles. The minimum atomic E-state index is -0.393. The van der Waals surface area contributed by atoms with Gasteiger partial charge in [-0.2, -0.15) is 5.26 Å². The van der Waals surface area contributed by atoms with Crippen molar-refractivity contribution in [1.82, 2.24) is 4.98 Å². The number of nitrogens with zero attached hydrogens (tertiary/aromatic N) is 2. The van der Waals surface area contributed by atoms with Crippen molar-refractivity contribution in [3.8, 4) is 17.6 Å². The summed E-state index contributed by atoms with van der Waals surface area (Å²) in [5.41, 5.74) is 1.46. The van der Waals surface area contributed by atoms with Gasteiger partial charge >= 0.3 is 0 Å². The molecule has 2 aromatic carbocycles. The van der Waals surface area contributed by atoms with E-state index in [1.165, 1.54) is 36.0 Å². The zero-order valence-electron chi connectivity index (χ0n) is 13.4. The smallest absolute Gasteiger partial charge is 0.231 e. The third kappa shape index (κ3) is 3.07. The number of rotatable bonds is 4. The van der Waals surface area contributed by atoms with Crippen LogP contribution < -0.4 is 9.47 Å². The van der Waals surface area contributed by atoms with Crippen molar-refractivity contribution in [3.63, 3.8) is 0 Å². The molecule has 3 aromatic rings. The van der Waals surface area contributed by atoms with Crippen LogP contribution in [0.25, 0.3) is 10.9 Å². The monoisotopic (exact) mass is 366 g/mol. The van der Waals surface area contributed by atoms with Crippen molar-refractivity contribution >= 4 is 28.4 Å². The quantitative estimate of drug-likeness (QED) is 0.514. The normalized spacial score (nSPS) is 12.2. The summed E-state index contributed by atoms with van der Waals surface area (Å²) in [5.74, 6) is 0.772. The van der Waals surface area contributed by atoms with Gasteiger partial charge in [0.2, 0.25) is 6.79 Å². The zero-order valence-corrected chi connectivity index (χ0v) is 14.2. The molecule has 4 rings (SSSR count). The second kappa shape index (κ2) is 6.65. The van der Waals surface area contributed by atoms with Gasteiger partial charge in [0.25, 0.3) is 0 Å². The molecule has 0 spiro atoms. The summed E-state index contributed by atoms with van der Waals surface area (Å²) >= 11 is 1.18. The molecule has 0 fully saturated rings. The Hall–Kier alpha value is -3.11. The van der Waals surface area contributed by atoms with Crippen LogP contribution >= 0.6 is 11.8 Å². The summed E-state index contributed by atoms with van der Waals surface area (Å²) in [6.45, 7) is 0.157. The SMILES string of the molecule is N#Cc1cc2cc3c(cc2nc1SCC(=O)c1ccc(F)cc1)OCO3. The Labute approximate surface area is 152 Å². The second-order valence-corrected chi connectivity index (χ2v) is 6.53. The van der Waals surface area contributed by atoms with Gasteiger partial charge in [0.15, 0.2) is 17.3 Å². The average molecular weight is 366 g/mol. The largest absolute Gasteiger partial charge is 0.454 e. The van der Waals surface area contributed by atoms with E-state index in [2.05, 4.69) is 11.1 Å². The zero-order chi connectivity index (χ0) is 18.1. The Kier molecular flexibility index (Phi) is 4.19. The van der Waals surface area contributed by atoms with E-state index in [4.69, 9.17) is 9.47 Å². The van der Waals surface area contributed by atoms with Gasteiger partial charge in [-0.15, -0.1) is 0 Å². The van der Waals surface area contributed by atoms with Crippen LogP contribution in [-0.4, -0.2) is 23.3 Å². The number of pyridine rings is 1. The number of carbonyl (C=O) groups excluding carboxylic acids is 1. The summed E-state index contributed by atoms with van der Waals surface area (Å²) in [4.78, 5) is 16.8. The van der Waals surface area contributed by atoms with Crippen LogP contribution in [0.2, 0.25) is 0 Å². The molecular weight excluding hydrogens is 355 g/mol. The van der Waals surface area contributed by atoms with Crippen LogP contribution in [0.5, 0.6) is 11.5 Å². The fourth-order valence-electron chi connectivity index (χ4n) is 2.59. The maximum atomic E-state index is 13.0. The van der Waals surface area contributed by atoms with Gasteiger partial charge in [-0.05, 0) is 36.4 Å². The lowest BCUT2D eigenvalue weighted by atomic mass is 10.1. The molecule has 0 N–H and O–H groups in total. The molecule has 0 bridgehead atoms. The van der Waals surface area contributed by atoms with Gasteiger partial charge in [-0.1, -0.05) is 11.8 Å². The van der Waals surface area contributed by atoms with E-state index in [0.29, 0.717) is 33.2 Å². The van der Waals surface area contributed by atoms with Crippen molar-refractivity contribution in [2.45, 2.75) is 5.03 Å². The number of fused-ring (bicyclic) bond motifs is 2. The van der Waals surface area contributed by atoms with Gasteiger partial charge in [-0.3, -0.25) is 4.79 Å². The highest BCUT2D eigenvalue weighted by molar-refractivity contribution is 8.00. The first-order chi connectivity index (χ1) is 12.6. The minimum Gasteiger partial charge on any atom is -0.454 e. The molecule has 0 radical (unpaired) electrons. The van der Waals surface area contributed by atoms with E-state index in [0.717, 1.165) is 5.39 Å². The van der Waals surface area contributed by atoms with Gasteiger partial charge < -0.3 is 9.47 Å². The minimum absolute atomic E-state index is 0.101. The van der Waals surface area contributed by atoms with Crippen molar-refractivity contribution in [2.24, 2.45) is 0 Å². The molecule has 0 saturated heterocycles. The van der Waals surface area contributed by atoms with Crippen molar-refractivity contribution in [1.29, 1.82) is 5.26 Å². The number of hydrogen-bond acceptors (Lipinski definition) is 6. The number of nitriles is 1. The van der Waals surface area contributed by atoms with Gasteiger partial charge in [0.05, 0.1) is 16.8 Å². The van der Waals surface area contributed by atoms with Crippen LogP contribution in [0.4, 0.5) is 4.39 Å². The Morgan fingerprint density at radius 2 is 1.92 bits per heavy atom. The molecule has 0 amide bonds. The maximum absolute atomic E-state index is 13.0. The molecule has 1 aliphatic heterocycles. The first-order valence-corrected chi connectivity index (χ1v) is 8.68. The molecule has 128 valence electrons. The Balaban J connectivity index is 1.61. The number of ether oxygens (including phenoxy) is 2. The van der Waals surface area contributed by atoms with Crippen LogP contribution in [0.15, 0.2) is 47.5 Å². The third-order valence-corrected chi connectivity index (χ3v) is 4.89. The molecule has 0 unspecified atom stereocenters. The second-order valence-electron chi connectivity index (χ2n) is 5.57. The maximum Gasteiger partial charge on any atom is 0.231 e. The molecule has 26 heavy (non-hydrogen) atoms. The van der Waals surface area contributed by atoms with E-state index >= 15 is 0 Å². The van der Waals surface area contributed by atoms with Crippen molar-refractivity contribution < 1.29 is 18.7 Å². The molecule has 1 aliphatic rings. The van der Waals surface area contributed by atoms with E-state index in [1.807, 2.05) is 0 Å².